The molecule has 0 aliphatic heterocycles. The quantitative estimate of drug-likeness (QED) is 0.404. The van der Waals surface area contributed by atoms with Crippen molar-refractivity contribution in [3.63, 3.8) is 0 Å². The molecule has 0 saturated heterocycles. The number of carboxylic acids is 1. The molecule has 9 heteroatoms. The van der Waals surface area contributed by atoms with E-state index in [-0.39, 0.29) is 22.4 Å². The van der Waals surface area contributed by atoms with Crippen molar-refractivity contribution in [2.45, 2.75) is 46.4 Å². The number of rotatable bonds is 7. The van der Waals surface area contributed by atoms with Gasteiger partial charge in [-0.1, -0.05) is 18.2 Å². The van der Waals surface area contributed by atoms with Crippen molar-refractivity contribution in [1.29, 1.82) is 0 Å². The molecule has 2 aromatic carbocycles. The predicted octanol–water partition coefficient (Wildman–Crippen LogP) is 6.49. The van der Waals surface area contributed by atoms with Gasteiger partial charge in [0, 0.05) is 17.5 Å². The standard InChI is InChI=1S/C23H21F4NO3S/c1-12-4-7-16(18(24)10-12)21-17(22(28-32-21)23(25,26)27)11-31-19-8-5-15(6-9-20(29)30)13(2)14(19)3/h4-5,7-8,10H,6,9,11H2,1-3H3,(H,29,30). The van der Waals surface area contributed by atoms with Gasteiger partial charge < -0.3 is 9.84 Å². The summed E-state index contributed by atoms with van der Waals surface area (Å²) in [5.41, 5.74) is 1.72. The largest absolute Gasteiger partial charge is 0.488 e. The van der Waals surface area contributed by atoms with Gasteiger partial charge >= 0.3 is 12.1 Å². The molecule has 0 aliphatic carbocycles. The van der Waals surface area contributed by atoms with Gasteiger partial charge in [0.05, 0.1) is 4.88 Å². The highest BCUT2D eigenvalue weighted by molar-refractivity contribution is 7.09. The van der Waals surface area contributed by atoms with Crippen molar-refractivity contribution >= 4 is 17.5 Å². The number of carboxylic acid groups (broad SMARTS) is 1. The SMILES string of the molecule is Cc1ccc(-c2snc(C(F)(F)F)c2COc2ccc(CCC(=O)O)c(C)c2C)c(F)c1. The van der Waals surface area contributed by atoms with E-state index in [4.69, 9.17) is 9.84 Å². The molecule has 3 aromatic rings. The second kappa shape index (κ2) is 9.28. The van der Waals surface area contributed by atoms with E-state index >= 15 is 0 Å². The molecular formula is C23H21F4NO3S. The number of carbonyl (C=O) groups is 1. The highest BCUT2D eigenvalue weighted by Gasteiger charge is 2.38. The highest BCUT2D eigenvalue weighted by Crippen LogP contribution is 2.40. The number of hydrogen-bond donors (Lipinski definition) is 1. The molecule has 1 aromatic heterocycles. The van der Waals surface area contributed by atoms with E-state index in [9.17, 15) is 22.4 Å². The lowest BCUT2D eigenvalue weighted by molar-refractivity contribution is -0.141. The summed E-state index contributed by atoms with van der Waals surface area (Å²) in [6, 6.07) is 7.64. The van der Waals surface area contributed by atoms with Crippen molar-refractivity contribution in [3.05, 3.63) is 69.7 Å². The van der Waals surface area contributed by atoms with Crippen LogP contribution < -0.4 is 4.74 Å². The van der Waals surface area contributed by atoms with Crippen molar-refractivity contribution in [2.75, 3.05) is 0 Å². The zero-order valence-corrected chi connectivity index (χ0v) is 18.5. The lowest BCUT2D eigenvalue weighted by Crippen LogP contribution is -2.11. The summed E-state index contributed by atoms with van der Waals surface area (Å²) in [5.74, 6) is -1.17. The molecule has 0 spiro atoms. The molecule has 170 valence electrons. The molecule has 32 heavy (non-hydrogen) atoms. The van der Waals surface area contributed by atoms with Crippen molar-refractivity contribution in [3.8, 4) is 16.2 Å². The third-order valence-corrected chi connectivity index (χ3v) is 6.18. The van der Waals surface area contributed by atoms with Gasteiger partial charge in [0.2, 0.25) is 0 Å². The Labute approximate surface area is 186 Å². The molecule has 1 heterocycles. The van der Waals surface area contributed by atoms with Gasteiger partial charge in [0.15, 0.2) is 5.69 Å². The number of aryl methyl sites for hydroxylation is 2. The van der Waals surface area contributed by atoms with Crippen molar-refractivity contribution < 1.29 is 32.2 Å². The average molecular weight is 467 g/mol. The Morgan fingerprint density at radius 3 is 2.47 bits per heavy atom. The van der Waals surface area contributed by atoms with Gasteiger partial charge in [-0.3, -0.25) is 4.79 Å². The first kappa shape index (κ1) is 23.7. The third-order valence-electron chi connectivity index (χ3n) is 5.26. The second-order valence-electron chi connectivity index (χ2n) is 7.48. The van der Waals surface area contributed by atoms with Crippen molar-refractivity contribution in [2.24, 2.45) is 0 Å². The third kappa shape index (κ3) is 5.09. The van der Waals surface area contributed by atoms with Crippen LogP contribution in [0.15, 0.2) is 30.3 Å². The highest BCUT2D eigenvalue weighted by atomic mass is 32.1. The van der Waals surface area contributed by atoms with Gasteiger partial charge in [0.1, 0.15) is 18.2 Å². The summed E-state index contributed by atoms with van der Waals surface area (Å²) in [6.07, 6.45) is -4.40. The van der Waals surface area contributed by atoms with Crippen LogP contribution in [-0.4, -0.2) is 15.4 Å². The molecule has 1 N–H and O–H groups in total. The van der Waals surface area contributed by atoms with Crippen LogP contribution in [0.3, 0.4) is 0 Å². The fraction of sp³-hybridized carbons (Fsp3) is 0.304. The summed E-state index contributed by atoms with van der Waals surface area (Å²) < 4.78 is 64.5. The van der Waals surface area contributed by atoms with E-state index in [1.807, 2.05) is 0 Å². The van der Waals surface area contributed by atoms with Gasteiger partial charge in [-0.25, -0.2) is 4.39 Å². The molecule has 0 atom stereocenters. The summed E-state index contributed by atoms with van der Waals surface area (Å²) in [6.45, 7) is 4.81. The first-order chi connectivity index (χ1) is 15.0. The Morgan fingerprint density at radius 2 is 1.84 bits per heavy atom. The Bertz CT molecular complexity index is 1150. The van der Waals surface area contributed by atoms with Gasteiger partial charge in [-0.2, -0.15) is 17.5 Å². The van der Waals surface area contributed by atoms with Crippen LogP contribution in [0, 0.1) is 26.6 Å². The average Bonchev–Trinajstić information content (AvgIpc) is 3.12. The summed E-state index contributed by atoms with van der Waals surface area (Å²) in [7, 11) is 0. The smallest absolute Gasteiger partial charge is 0.434 e. The molecule has 0 fully saturated rings. The van der Waals surface area contributed by atoms with Crippen LogP contribution in [0.25, 0.3) is 10.4 Å². The zero-order chi connectivity index (χ0) is 23.6. The number of aromatic nitrogens is 1. The van der Waals surface area contributed by atoms with E-state index in [1.165, 1.54) is 12.1 Å². The van der Waals surface area contributed by atoms with Crippen LogP contribution in [-0.2, 0) is 24.0 Å². The van der Waals surface area contributed by atoms with E-state index < -0.39 is 30.3 Å². The molecule has 0 aliphatic rings. The predicted molar refractivity (Wildman–Crippen MR) is 113 cm³/mol. The first-order valence-corrected chi connectivity index (χ1v) is 10.5. The molecule has 0 unspecified atom stereocenters. The molecule has 0 bridgehead atoms. The number of hydrogen-bond acceptors (Lipinski definition) is 4. The molecule has 0 saturated carbocycles. The zero-order valence-electron chi connectivity index (χ0n) is 17.6. The molecular weight excluding hydrogens is 446 g/mol. The monoisotopic (exact) mass is 467 g/mol. The Morgan fingerprint density at radius 1 is 1.12 bits per heavy atom. The van der Waals surface area contributed by atoms with E-state index in [1.54, 1.807) is 39.0 Å². The lowest BCUT2D eigenvalue weighted by Gasteiger charge is -2.16. The molecule has 4 nitrogen and oxygen atoms in total. The fourth-order valence-corrected chi connectivity index (χ4v) is 4.28. The summed E-state index contributed by atoms with van der Waals surface area (Å²) in [5, 5.41) is 8.88. The minimum atomic E-state index is -4.71. The van der Waals surface area contributed by atoms with Gasteiger partial charge in [-0.05, 0) is 73.1 Å². The van der Waals surface area contributed by atoms with E-state index in [2.05, 4.69) is 4.37 Å². The van der Waals surface area contributed by atoms with Crippen LogP contribution >= 0.6 is 11.5 Å². The number of nitrogens with zero attached hydrogens (tertiary/aromatic N) is 1. The molecule has 0 radical (unpaired) electrons. The Balaban J connectivity index is 1.94. The van der Waals surface area contributed by atoms with Crippen LogP contribution in [0.4, 0.5) is 17.6 Å². The second-order valence-corrected chi connectivity index (χ2v) is 8.25. The Hall–Kier alpha value is -2.94. The normalized spacial score (nSPS) is 11.6. The molecule has 3 rings (SSSR count). The van der Waals surface area contributed by atoms with Crippen LogP contribution in [0.2, 0.25) is 0 Å². The van der Waals surface area contributed by atoms with Gasteiger partial charge in [0.25, 0.3) is 0 Å². The topological polar surface area (TPSA) is 59.4 Å². The summed E-state index contributed by atoms with van der Waals surface area (Å²) in [4.78, 5) is 10.9. The van der Waals surface area contributed by atoms with Gasteiger partial charge in [-0.15, -0.1) is 0 Å². The number of halogens is 4. The maximum atomic E-state index is 14.5. The number of alkyl halides is 3. The summed E-state index contributed by atoms with van der Waals surface area (Å²) >= 11 is 0.585. The molecule has 0 amide bonds. The maximum absolute atomic E-state index is 14.5. The van der Waals surface area contributed by atoms with Crippen molar-refractivity contribution in [1.82, 2.24) is 4.37 Å². The van der Waals surface area contributed by atoms with E-state index in [0.717, 1.165) is 11.1 Å². The van der Waals surface area contributed by atoms with E-state index in [0.29, 0.717) is 34.8 Å². The lowest BCUT2D eigenvalue weighted by atomic mass is 9.99. The van der Waals surface area contributed by atoms with Crippen LogP contribution in [0.1, 0.15) is 39.9 Å². The fourth-order valence-electron chi connectivity index (χ4n) is 3.35. The van der Waals surface area contributed by atoms with Crippen LogP contribution in [0.5, 0.6) is 5.75 Å². The minimum absolute atomic E-state index is 0.0263. The number of benzene rings is 2. The Kier molecular flexibility index (Phi) is 6.88. The maximum Gasteiger partial charge on any atom is 0.434 e. The number of aliphatic carboxylic acids is 1. The number of ether oxygens (including phenoxy) is 1. The first-order valence-electron chi connectivity index (χ1n) is 9.75. The minimum Gasteiger partial charge on any atom is -0.488 e.